The number of nitrogens with zero attached hydrogens (tertiary/aromatic N) is 3. The molecule has 0 spiro atoms. The van der Waals surface area contributed by atoms with Crippen LogP contribution in [0.25, 0.3) is 76.3 Å². The number of aromatic nitrogens is 3. The van der Waals surface area contributed by atoms with Crippen molar-refractivity contribution in [3.63, 3.8) is 0 Å². The van der Waals surface area contributed by atoms with Gasteiger partial charge in [-0.1, -0.05) is 123 Å². The number of thiophene rings is 1. The molecule has 0 saturated carbocycles. The maximum atomic E-state index is 5.35. The molecule has 0 radical (unpaired) electrons. The predicted octanol–water partition coefficient (Wildman–Crippen LogP) is 11.2. The van der Waals surface area contributed by atoms with E-state index in [2.05, 4.69) is 140 Å². The molecular weight excluding hydrogens is 579 g/mol. The lowest BCUT2D eigenvalue weighted by Crippen LogP contribution is -2.17. The summed E-state index contributed by atoms with van der Waals surface area (Å²) in [5.74, 6) is 0.728. The molecular formula is C42H29N3S. The fraction of sp³-hybridized carbons (Fsp3) is 0.0714. The van der Waals surface area contributed by atoms with Crippen molar-refractivity contribution in [2.24, 2.45) is 0 Å². The molecule has 0 atom stereocenters. The minimum Gasteiger partial charge on any atom is -0.264 e. The summed E-state index contributed by atoms with van der Waals surface area (Å²) < 4.78 is 2.65. The van der Waals surface area contributed by atoms with Gasteiger partial charge in [0.05, 0.1) is 11.4 Å². The third kappa shape index (κ3) is 4.14. The molecule has 0 N–H and O–H groups in total. The fourth-order valence-electron chi connectivity index (χ4n) is 7.11. The molecule has 0 unspecified atom stereocenters. The van der Waals surface area contributed by atoms with Gasteiger partial charge in [0.1, 0.15) is 0 Å². The zero-order valence-electron chi connectivity index (χ0n) is 25.5. The summed E-state index contributed by atoms with van der Waals surface area (Å²) in [4.78, 5) is 15.0. The van der Waals surface area contributed by atoms with Crippen molar-refractivity contribution in [3.8, 4) is 56.2 Å². The van der Waals surface area contributed by atoms with Crippen LogP contribution in [-0.2, 0) is 5.41 Å². The van der Waals surface area contributed by atoms with Gasteiger partial charge in [-0.25, -0.2) is 9.97 Å². The van der Waals surface area contributed by atoms with Gasteiger partial charge in [-0.15, -0.1) is 11.3 Å². The molecule has 4 heteroatoms. The molecule has 0 fully saturated rings. The van der Waals surface area contributed by atoms with Crippen LogP contribution >= 0.6 is 11.3 Å². The molecule has 1 aliphatic rings. The second kappa shape index (κ2) is 10.3. The molecule has 8 aromatic rings. The van der Waals surface area contributed by atoms with Crippen LogP contribution in [0.5, 0.6) is 0 Å². The van der Waals surface area contributed by atoms with Crippen LogP contribution in [0.2, 0.25) is 0 Å². The number of hydrogen-bond acceptors (Lipinski definition) is 4. The lowest BCUT2D eigenvalue weighted by molar-refractivity contribution is 0.658. The summed E-state index contributed by atoms with van der Waals surface area (Å²) >= 11 is 1.87. The van der Waals surface area contributed by atoms with Crippen LogP contribution in [-0.4, -0.2) is 15.0 Å². The Morgan fingerprint density at radius 2 is 1.24 bits per heavy atom. The fourth-order valence-corrected chi connectivity index (χ4v) is 8.35. The van der Waals surface area contributed by atoms with E-state index in [-0.39, 0.29) is 5.41 Å². The Bertz CT molecular complexity index is 2440. The smallest absolute Gasteiger partial charge is 0.160 e. The van der Waals surface area contributed by atoms with Crippen LogP contribution in [0.3, 0.4) is 0 Å². The van der Waals surface area contributed by atoms with Gasteiger partial charge in [-0.05, 0) is 40.5 Å². The van der Waals surface area contributed by atoms with Gasteiger partial charge < -0.3 is 0 Å². The van der Waals surface area contributed by atoms with Crippen LogP contribution in [0.1, 0.15) is 25.0 Å². The monoisotopic (exact) mass is 607 g/mol. The molecule has 3 nitrogen and oxygen atoms in total. The molecule has 218 valence electrons. The van der Waals surface area contributed by atoms with Crippen molar-refractivity contribution in [1.82, 2.24) is 15.0 Å². The second-order valence-electron chi connectivity index (χ2n) is 12.5. The number of rotatable bonds is 4. The lowest BCUT2D eigenvalue weighted by atomic mass is 9.80. The molecule has 0 amide bonds. The summed E-state index contributed by atoms with van der Waals surface area (Å²) in [6, 6.07) is 45.5. The zero-order valence-corrected chi connectivity index (χ0v) is 26.3. The van der Waals surface area contributed by atoms with E-state index in [0.29, 0.717) is 0 Å². The second-order valence-corrected chi connectivity index (χ2v) is 13.5. The molecule has 0 bridgehead atoms. The summed E-state index contributed by atoms with van der Waals surface area (Å²) in [6.07, 6.45) is 3.70. The SMILES string of the molecule is CC1(C)c2ccccc2-c2nc(-c3cccc(-c4cccnc4)c3)nc(-c3ccc(-c4cccc5c4sc4ccccc45)cc3)c21. The average Bonchev–Trinajstić information content (AvgIpc) is 3.61. The van der Waals surface area contributed by atoms with Gasteiger partial charge in [-0.3, -0.25) is 4.98 Å². The standard InChI is InChI=1S/C42H29N3S/c1-42(2)35-17-5-3-14-34(35)39-37(42)38(44-41(45-39)29-11-7-10-28(24-29)30-12-9-23-43-25-30)27-21-19-26(20-22-27)31-15-8-16-33-32-13-4-6-18-36(32)46-40(31)33/h3-25H,1-2H3. The normalized spacial score (nSPS) is 13.2. The predicted molar refractivity (Wildman–Crippen MR) is 192 cm³/mol. The molecule has 0 saturated heterocycles. The van der Waals surface area contributed by atoms with Crippen molar-refractivity contribution in [2.75, 3.05) is 0 Å². The third-order valence-electron chi connectivity index (χ3n) is 9.38. The van der Waals surface area contributed by atoms with Gasteiger partial charge in [0.2, 0.25) is 0 Å². The van der Waals surface area contributed by atoms with Gasteiger partial charge in [0.15, 0.2) is 5.82 Å². The van der Waals surface area contributed by atoms with E-state index >= 15 is 0 Å². The largest absolute Gasteiger partial charge is 0.264 e. The van der Waals surface area contributed by atoms with Crippen LogP contribution in [0.4, 0.5) is 0 Å². The minimum atomic E-state index is -0.237. The number of pyridine rings is 1. The number of fused-ring (bicyclic) bond motifs is 6. The van der Waals surface area contributed by atoms with Crippen LogP contribution in [0, 0.1) is 0 Å². The average molecular weight is 608 g/mol. The lowest BCUT2D eigenvalue weighted by Gasteiger charge is -2.24. The molecule has 46 heavy (non-hydrogen) atoms. The van der Waals surface area contributed by atoms with E-state index in [1.165, 1.54) is 48.0 Å². The molecule has 9 rings (SSSR count). The highest BCUT2D eigenvalue weighted by Crippen LogP contribution is 2.51. The maximum Gasteiger partial charge on any atom is 0.160 e. The van der Waals surface area contributed by atoms with E-state index in [9.17, 15) is 0 Å². The van der Waals surface area contributed by atoms with Gasteiger partial charge >= 0.3 is 0 Å². The van der Waals surface area contributed by atoms with Crippen LogP contribution < -0.4 is 0 Å². The maximum absolute atomic E-state index is 5.35. The van der Waals surface area contributed by atoms with Crippen molar-refractivity contribution >= 4 is 31.5 Å². The van der Waals surface area contributed by atoms with Gasteiger partial charge in [-0.2, -0.15) is 0 Å². The molecule has 3 heterocycles. The van der Waals surface area contributed by atoms with Crippen molar-refractivity contribution in [3.05, 3.63) is 151 Å². The highest BCUT2D eigenvalue weighted by atomic mass is 32.1. The molecule has 0 aliphatic heterocycles. The first-order valence-electron chi connectivity index (χ1n) is 15.6. The Hall–Kier alpha value is -5.45. The van der Waals surface area contributed by atoms with Crippen molar-refractivity contribution < 1.29 is 0 Å². The summed E-state index contributed by atoms with van der Waals surface area (Å²) in [7, 11) is 0. The van der Waals surface area contributed by atoms with E-state index in [4.69, 9.17) is 9.97 Å². The molecule has 1 aliphatic carbocycles. The Balaban J connectivity index is 1.21. The van der Waals surface area contributed by atoms with E-state index in [1.807, 2.05) is 23.6 Å². The topological polar surface area (TPSA) is 38.7 Å². The number of benzene rings is 5. The highest BCUT2D eigenvalue weighted by Gasteiger charge is 2.40. The Labute approximate surface area is 271 Å². The first-order valence-corrected chi connectivity index (χ1v) is 16.4. The van der Waals surface area contributed by atoms with E-state index in [1.54, 1.807) is 6.20 Å². The van der Waals surface area contributed by atoms with Crippen molar-refractivity contribution in [2.45, 2.75) is 19.3 Å². The van der Waals surface area contributed by atoms with E-state index in [0.717, 1.165) is 39.5 Å². The Kier molecular flexibility index (Phi) is 6.02. The summed E-state index contributed by atoms with van der Waals surface area (Å²) in [6.45, 7) is 4.59. The quantitative estimate of drug-likeness (QED) is 0.200. The van der Waals surface area contributed by atoms with Gasteiger partial charge in [0, 0.05) is 65.8 Å². The van der Waals surface area contributed by atoms with Gasteiger partial charge in [0.25, 0.3) is 0 Å². The first kappa shape index (κ1) is 26.9. The van der Waals surface area contributed by atoms with Crippen LogP contribution in [0.15, 0.2) is 140 Å². The number of hydrogen-bond donors (Lipinski definition) is 0. The minimum absolute atomic E-state index is 0.237. The Morgan fingerprint density at radius 1 is 0.543 bits per heavy atom. The molecule has 3 aromatic heterocycles. The summed E-state index contributed by atoms with van der Waals surface area (Å²) in [5.41, 5.74) is 12.1. The third-order valence-corrected chi connectivity index (χ3v) is 10.6. The molecule has 5 aromatic carbocycles. The summed E-state index contributed by atoms with van der Waals surface area (Å²) in [5, 5.41) is 2.63. The Morgan fingerprint density at radius 3 is 2.11 bits per heavy atom. The zero-order chi connectivity index (χ0) is 30.8. The van der Waals surface area contributed by atoms with Crippen molar-refractivity contribution in [1.29, 1.82) is 0 Å². The first-order chi connectivity index (χ1) is 22.6. The van der Waals surface area contributed by atoms with E-state index < -0.39 is 0 Å². The highest BCUT2D eigenvalue weighted by molar-refractivity contribution is 7.26.